The minimum atomic E-state index is 0.886. The summed E-state index contributed by atoms with van der Waals surface area (Å²) in [5.74, 6) is 0. The molecule has 11 aromatic carbocycles. The van der Waals surface area contributed by atoms with Gasteiger partial charge in [0.1, 0.15) is 11.2 Å². The lowest BCUT2D eigenvalue weighted by molar-refractivity contribution is 0.674. The summed E-state index contributed by atoms with van der Waals surface area (Å²) >= 11 is 0. The van der Waals surface area contributed by atoms with Crippen molar-refractivity contribution in [2.45, 2.75) is 0 Å². The van der Waals surface area contributed by atoms with Gasteiger partial charge in [-0.1, -0.05) is 200 Å². The zero-order valence-corrected chi connectivity index (χ0v) is 33.9. The summed E-state index contributed by atoms with van der Waals surface area (Å²) in [5, 5.41) is 9.46. The van der Waals surface area contributed by atoms with Crippen LogP contribution in [0.2, 0.25) is 0 Å². The number of benzene rings is 11. The van der Waals surface area contributed by atoms with Crippen molar-refractivity contribution in [1.82, 2.24) is 0 Å². The van der Waals surface area contributed by atoms with E-state index in [0.29, 0.717) is 0 Å². The van der Waals surface area contributed by atoms with Gasteiger partial charge in [-0.15, -0.1) is 0 Å². The Labute approximate surface area is 360 Å². The minimum Gasteiger partial charge on any atom is -0.455 e. The molecule has 12 rings (SSSR count). The Morgan fingerprint density at radius 3 is 1.53 bits per heavy atom. The van der Waals surface area contributed by atoms with Gasteiger partial charge in [-0.2, -0.15) is 0 Å². The van der Waals surface area contributed by atoms with Gasteiger partial charge < -0.3 is 9.32 Å². The van der Waals surface area contributed by atoms with Gasteiger partial charge in [0.25, 0.3) is 0 Å². The van der Waals surface area contributed by atoms with Crippen molar-refractivity contribution in [3.05, 3.63) is 237 Å². The van der Waals surface area contributed by atoms with Crippen LogP contribution in [0.4, 0.5) is 17.1 Å². The van der Waals surface area contributed by atoms with Crippen LogP contribution >= 0.6 is 0 Å². The van der Waals surface area contributed by atoms with Gasteiger partial charge in [0.15, 0.2) is 0 Å². The van der Waals surface area contributed by atoms with Crippen LogP contribution in [0.15, 0.2) is 241 Å². The first-order valence-corrected chi connectivity index (χ1v) is 21.3. The van der Waals surface area contributed by atoms with Crippen molar-refractivity contribution in [1.29, 1.82) is 0 Å². The van der Waals surface area contributed by atoms with Gasteiger partial charge in [-0.25, -0.2) is 0 Å². The van der Waals surface area contributed by atoms with Crippen molar-refractivity contribution < 1.29 is 4.42 Å². The third kappa shape index (κ3) is 5.96. The third-order valence-corrected chi connectivity index (χ3v) is 12.5. The van der Waals surface area contributed by atoms with Gasteiger partial charge in [0.2, 0.25) is 0 Å². The fraction of sp³-hybridized carbons (Fsp3) is 0. The predicted octanol–water partition coefficient (Wildman–Crippen LogP) is 17.2. The summed E-state index contributed by atoms with van der Waals surface area (Å²) in [6.07, 6.45) is 0. The SMILES string of the molecule is c1ccc(-c2ccc3ccccc3c2-c2ccc(N(c3ccc(-c4cccc5ccccc45)cc3)c3ccccc3-c3cccc4c3oc3c5ccccc5ccc43)cc2)cc1. The first kappa shape index (κ1) is 35.7. The van der Waals surface area contributed by atoms with Gasteiger partial charge >= 0.3 is 0 Å². The molecular formula is C60H39NO. The van der Waals surface area contributed by atoms with E-state index in [2.05, 4.69) is 241 Å². The average Bonchev–Trinajstić information content (AvgIpc) is 3.74. The van der Waals surface area contributed by atoms with Crippen LogP contribution in [0, 0.1) is 0 Å². The van der Waals surface area contributed by atoms with Crippen LogP contribution in [-0.2, 0) is 0 Å². The highest BCUT2D eigenvalue weighted by Crippen LogP contribution is 2.46. The van der Waals surface area contributed by atoms with E-state index in [1.54, 1.807) is 0 Å². The second-order valence-corrected chi connectivity index (χ2v) is 16.0. The van der Waals surface area contributed by atoms with Crippen LogP contribution in [0.1, 0.15) is 0 Å². The Balaban J connectivity index is 1.04. The topological polar surface area (TPSA) is 16.4 Å². The normalized spacial score (nSPS) is 11.5. The lowest BCUT2D eigenvalue weighted by Gasteiger charge is -2.28. The third-order valence-electron chi connectivity index (χ3n) is 12.5. The molecule has 0 fully saturated rings. The van der Waals surface area contributed by atoms with Crippen molar-refractivity contribution in [2.24, 2.45) is 0 Å². The second kappa shape index (κ2) is 14.8. The molecule has 2 heteroatoms. The van der Waals surface area contributed by atoms with E-state index in [0.717, 1.165) is 55.5 Å². The highest BCUT2D eigenvalue weighted by atomic mass is 16.3. The monoisotopic (exact) mass is 789 g/mol. The smallest absolute Gasteiger partial charge is 0.143 e. The van der Waals surface area contributed by atoms with E-state index in [1.807, 2.05) is 0 Å². The average molecular weight is 790 g/mol. The van der Waals surface area contributed by atoms with Crippen LogP contribution in [0.3, 0.4) is 0 Å². The number of fused-ring (bicyclic) bond motifs is 7. The number of hydrogen-bond acceptors (Lipinski definition) is 2. The Kier molecular flexibility index (Phi) is 8.53. The molecule has 0 N–H and O–H groups in total. The van der Waals surface area contributed by atoms with Crippen LogP contribution in [0.5, 0.6) is 0 Å². The first-order chi connectivity index (χ1) is 30.8. The van der Waals surface area contributed by atoms with E-state index in [4.69, 9.17) is 4.42 Å². The fourth-order valence-corrected chi connectivity index (χ4v) is 9.55. The molecule has 0 aliphatic rings. The maximum absolute atomic E-state index is 6.93. The number of furan rings is 1. The van der Waals surface area contributed by atoms with Crippen molar-refractivity contribution >= 4 is 71.3 Å². The lowest BCUT2D eigenvalue weighted by atomic mass is 9.89. The summed E-state index contributed by atoms with van der Waals surface area (Å²) < 4.78 is 6.93. The van der Waals surface area contributed by atoms with Crippen molar-refractivity contribution in [3.8, 4) is 44.5 Å². The van der Waals surface area contributed by atoms with Gasteiger partial charge in [0.05, 0.1) is 5.69 Å². The molecule has 2 nitrogen and oxygen atoms in total. The molecule has 0 saturated carbocycles. The van der Waals surface area contributed by atoms with Crippen molar-refractivity contribution in [2.75, 3.05) is 4.90 Å². The van der Waals surface area contributed by atoms with E-state index in [1.165, 1.54) is 60.3 Å². The molecule has 0 radical (unpaired) electrons. The molecule has 1 aromatic heterocycles. The molecule has 0 aliphatic heterocycles. The van der Waals surface area contributed by atoms with Crippen molar-refractivity contribution in [3.63, 3.8) is 0 Å². The van der Waals surface area contributed by atoms with Crippen LogP contribution in [-0.4, -0.2) is 0 Å². The summed E-state index contributed by atoms with van der Waals surface area (Å²) in [5.41, 5.74) is 14.3. The lowest BCUT2D eigenvalue weighted by Crippen LogP contribution is -2.11. The molecule has 1 heterocycles. The molecule has 12 aromatic rings. The summed E-state index contributed by atoms with van der Waals surface area (Å²) in [6.45, 7) is 0. The number of nitrogens with zero attached hydrogens (tertiary/aromatic N) is 1. The van der Waals surface area contributed by atoms with Gasteiger partial charge in [0, 0.05) is 38.7 Å². The number of rotatable bonds is 7. The zero-order valence-electron chi connectivity index (χ0n) is 33.9. The fourth-order valence-electron chi connectivity index (χ4n) is 9.55. The van der Waals surface area contributed by atoms with Gasteiger partial charge in [-0.3, -0.25) is 0 Å². The highest BCUT2D eigenvalue weighted by Gasteiger charge is 2.22. The summed E-state index contributed by atoms with van der Waals surface area (Å²) in [6, 6.07) is 85.4. The summed E-state index contributed by atoms with van der Waals surface area (Å²) in [7, 11) is 0. The Bertz CT molecular complexity index is 3610. The van der Waals surface area contributed by atoms with Gasteiger partial charge in [-0.05, 0) is 96.7 Å². The number of hydrogen-bond donors (Lipinski definition) is 0. The Morgan fingerprint density at radius 2 is 0.758 bits per heavy atom. The Morgan fingerprint density at radius 1 is 0.258 bits per heavy atom. The first-order valence-electron chi connectivity index (χ1n) is 21.3. The molecule has 0 bridgehead atoms. The molecule has 62 heavy (non-hydrogen) atoms. The maximum Gasteiger partial charge on any atom is 0.143 e. The predicted molar refractivity (Wildman–Crippen MR) is 263 cm³/mol. The van der Waals surface area contributed by atoms with E-state index in [-0.39, 0.29) is 0 Å². The standard InChI is InChI=1S/C60H39NO/c1-2-14-41(15-3-1)51-38-32-42-17-5-8-21-50(42)58(51)45-30-36-47(37-31-45)61(46-34-28-44(29-35-46)49-24-12-19-40-16-4-7-20-48(40)49)57-27-11-10-23-53(57)54-25-13-26-55-56-39-33-43-18-6-9-22-52(43)59(56)62-60(54)55/h1-39H. The molecular weight excluding hydrogens is 751 g/mol. The van der Waals surface area contributed by atoms with E-state index in [9.17, 15) is 0 Å². The van der Waals surface area contributed by atoms with E-state index < -0.39 is 0 Å². The quantitative estimate of drug-likeness (QED) is 0.160. The molecule has 0 saturated heterocycles. The molecule has 0 unspecified atom stereocenters. The maximum atomic E-state index is 6.93. The van der Waals surface area contributed by atoms with Crippen LogP contribution < -0.4 is 4.90 Å². The largest absolute Gasteiger partial charge is 0.455 e. The zero-order chi connectivity index (χ0) is 41.0. The molecule has 290 valence electrons. The number of para-hydroxylation sites is 2. The van der Waals surface area contributed by atoms with E-state index >= 15 is 0 Å². The molecule has 0 aliphatic carbocycles. The molecule has 0 atom stereocenters. The Hall–Kier alpha value is -8.20. The molecule has 0 amide bonds. The highest BCUT2D eigenvalue weighted by molar-refractivity contribution is 6.18. The van der Waals surface area contributed by atoms with Crippen LogP contribution in [0.25, 0.3) is 98.8 Å². The summed E-state index contributed by atoms with van der Waals surface area (Å²) in [4.78, 5) is 2.39. The molecule has 0 spiro atoms. The minimum absolute atomic E-state index is 0.886. The number of anilines is 3. The second-order valence-electron chi connectivity index (χ2n) is 16.0.